The molecule has 0 aliphatic heterocycles. The van der Waals surface area contributed by atoms with Crippen molar-refractivity contribution in [1.82, 2.24) is 5.32 Å². The van der Waals surface area contributed by atoms with Gasteiger partial charge in [-0.1, -0.05) is 87.7 Å². The minimum Gasteiger partial charge on any atom is -0.426 e. The fraction of sp³-hybridized carbons (Fsp3) is 0.487. The van der Waals surface area contributed by atoms with Crippen molar-refractivity contribution < 1.29 is 14.3 Å². The maximum Gasteiger partial charge on any atom is 0.314 e. The van der Waals surface area contributed by atoms with Crippen molar-refractivity contribution in [2.75, 3.05) is 0 Å². The molecule has 43 heavy (non-hydrogen) atoms. The Balaban J connectivity index is 1.21. The van der Waals surface area contributed by atoms with Gasteiger partial charge in [-0.25, -0.2) is 0 Å². The van der Waals surface area contributed by atoms with Crippen molar-refractivity contribution >= 4 is 11.9 Å². The summed E-state index contributed by atoms with van der Waals surface area (Å²) in [5.74, 6) is 1.65. The molecule has 0 radical (unpaired) electrons. The quantitative estimate of drug-likeness (QED) is 0.117. The molecule has 4 nitrogen and oxygen atoms in total. The smallest absolute Gasteiger partial charge is 0.314 e. The molecule has 4 rings (SSSR count). The van der Waals surface area contributed by atoms with Crippen molar-refractivity contribution in [2.24, 2.45) is 17.8 Å². The first kappa shape index (κ1) is 32.5. The van der Waals surface area contributed by atoms with E-state index in [1.807, 2.05) is 44.2 Å². The van der Waals surface area contributed by atoms with Crippen LogP contribution in [0, 0.1) is 17.8 Å². The Morgan fingerprint density at radius 3 is 1.98 bits per heavy atom. The molecule has 2 aromatic carbocycles. The minimum atomic E-state index is -0.208. The molecular formula is C39H51NO3. The Morgan fingerprint density at radius 2 is 1.40 bits per heavy atom. The number of carbonyl (C=O) groups is 2. The van der Waals surface area contributed by atoms with E-state index in [0.717, 1.165) is 22.6 Å². The molecule has 0 bridgehead atoms. The number of hydrogen-bond acceptors (Lipinski definition) is 3. The van der Waals surface area contributed by atoms with Gasteiger partial charge in [0.25, 0.3) is 0 Å². The summed E-state index contributed by atoms with van der Waals surface area (Å²) in [7, 11) is 0. The summed E-state index contributed by atoms with van der Waals surface area (Å²) in [5.41, 5.74) is 6.27. The molecule has 230 valence electrons. The van der Waals surface area contributed by atoms with E-state index in [1.165, 1.54) is 62.5 Å². The third-order valence-electron chi connectivity index (χ3n) is 9.63. The molecule has 0 saturated heterocycles. The van der Waals surface area contributed by atoms with Crippen LogP contribution in [-0.2, 0) is 9.59 Å². The number of allylic oxidation sites excluding steroid dienone is 3. The first-order chi connectivity index (χ1) is 20.7. The number of ether oxygens (including phenoxy) is 1. The zero-order valence-electron chi connectivity index (χ0n) is 26.6. The Morgan fingerprint density at radius 1 is 0.814 bits per heavy atom. The predicted molar refractivity (Wildman–Crippen MR) is 178 cm³/mol. The van der Waals surface area contributed by atoms with E-state index >= 15 is 0 Å². The first-order valence-corrected chi connectivity index (χ1v) is 16.5. The minimum absolute atomic E-state index is 0.0311. The lowest BCUT2D eigenvalue weighted by molar-refractivity contribution is -0.141. The lowest BCUT2D eigenvalue weighted by Crippen LogP contribution is -2.34. The van der Waals surface area contributed by atoms with Crippen LogP contribution in [0.2, 0.25) is 0 Å². The van der Waals surface area contributed by atoms with Crippen molar-refractivity contribution in [2.45, 2.75) is 104 Å². The van der Waals surface area contributed by atoms with Gasteiger partial charge in [0.2, 0.25) is 5.91 Å². The summed E-state index contributed by atoms with van der Waals surface area (Å²) < 4.78 is 5.74. The zero-order valence-corrected chi connectivity index (χ0v) is 26.6. The van der Waals surface area contributed by atoms with Gasteiger partial charge in [0.15, 0.2) is 0 Å². The summed E-state index contributed by atoms with van der Waals surface area (Å²) >= 11 is 0. The van der Waals surface area contributed by atoms with Crippen LogP contribution >= 0.6 is 0 Å². The van der Waals surface area contributed by atoms with Gasteiger partial charge in [-0.05, 0) is 118 Å². The highest BCUT2D eigenvalue weighted by atomic mass is 16.5. The topological polar surface area (TPSA) is 55.4 Å². The predicted octanol–water partition coefficient (Wildman–Crippen LogP) is 10.1. The van der Waals surface area contributed by atoms with Gasteiger partial charge >= 0.3 is 5.97 Å². The maximum absolute atomic E-state index is 12.9. The van der Waals surface area contributed by atoms with Crippen LogP contribution in [-0.4, -0.2) is 11.9 Å². The summed E-state index contributed by atoms with van der Waals surface area (Å²) in [6, 6.07) is 16.9. The number of carbonyl (C=O) groups excluding carboxylic acids is 2. The molecule has 0 aromatic heterocycles. The average Bonchev–Trinajstić information content (AvgIpc) is 3.02. The van der Waals surface area contributed by atoms with Crippen molar-refractivity contribution in [1.29, 1.82) is 0 Å². The second kappa shape index (κ2) is 15.9. The van der Waals surface area contributed by atoms with Crippen molar-refractivity contribution in [3.05, 3.63) is 90.2 Å². The van der Waals surface area contributed by atoms with E-state index in [0.29, 0.717) is 43.0 Å². The van der Waals surface area contributed by atoms with Gasteiger partial charge < -0.3 is 10.1 Å². The van der Waals surface area contributed by atoms with Gasteiger partial charge in [-0.15, -0.1) is 0 Å². The largest absolute Gasteiger partial charge is 0.426 e. The van der Waals surface area contributed by atoms with E-state index < -0.39 is 0 Å². The number of hydrogen-bond donors (Lipinski definition) is 1. The fourth-order valence-electron chi connectivity index (χ4n) is 6.60. The van der Waals surface area contributed by atoms with Crippen LogP contribution in [0.15, 0.2) is 84.6 Å². The van der Waals surface area contributed by atoms with Crippen LogP contribution < -0.4 is 10.1 Å². The molecule has 0 heterocycles. The van der Waals surface area contributed by atoms with Gasteiger partial charge in [0.1, 0.15) is 5.75 Å². The monoisotopic (exact) mass is 581 g/mol. The van der Waals surface area contributed by atoms with Gasteiger partial charge in [0.05, 0.1) is 5.92 Å². The SMILES string of the molecule is C=C(/C=C(/C)C(=C)C)NC(=O)C1CCC(C(=O)Oc2ccc(-c3ccc(C4CCC(CCCCC)CC4)cc3)cc2)CC1. The van der Waals surface area contributed by atoms with Gasteiger partial charge in [-0.2, -0.15) is 0 Å². The molecule has 0 unspecified atom stereocenters. The number of nitrogens with one attached hydrogen (secondary N) is 1. The van der Waals surface area contributed by atoms with Crippen LogP contribution in [0.3, 0.4) is 0 Å². The van der Waals surface area contributed by atoms with E-state index in [9.17, 15) is 9.59 Å². The molecule has 2 saturated carbocycles. The van der Waals surface area contributed by atoms with Crippen molar-refractivity contribution in [3.8, 4) is 16.9 Å². The Bertz CT molecular complexity index is 1270. The molecule has 2 aliphatic carbocycles. The number of amides is 1. The van der Waals surface area contributed by atoms with Gasteiger partial charge in [0, 0.05) is 11.6 Å². The first-order valence-electron chi connectivity index (χ1n) is 16.5. The molecule has 4 heteroatoms. The molecule has 2 aromatic rings. The number of unbranched alkanes of at least 4 members (excludes halogenated alkanes) is 2. The molecule has 2 aliphatic rings. The second-order valence-corrected chi connectivity index (χ2v) is 13.0. The van der Waals surface area contributed by atoms with Crippen LogP contribution in [0.25, 0.3) is 11.1 Å². The normalized spacial score (nSPS) is 22.4. The van der Waals surface area contributed by atoms with E-state index in [-0.39, 0.29) is 23.7 Å². The standard InChI is InChI=1S/C39H51NO3/c1-6-7-8-9-30-10-12-31(13-11-30)32-14-16-33(17-15-32)34-22-24-37(25-23-34)43-39(42)36-20-18-35(19-21-36)38(41)40-29(5)26-28(4)27(2)3/h14-17,22-26,30-31,35-36H,2,5-13,18-21H2,1,3-4H3,(H,40,41)/b28-26-. The van der Waals surface area contributed by atoms with E-state index in [1.54, 1.807) is 0 Å². The summed E-state index contributed by atoms with van der Waals surface area (Å²) in [6.07, 6.45) is 15.3. The zero-order chi connectivity index (χ0) is 30.8. The Labute approximate surface area is 259 Å². The lowest BCUT2D eigenvalue weighted by Gasteiger charge is -2.29. The second-order valence-electron chi connectivity index (χ2n) is 13.0. The summed E-state index contributed by atoms with van der Waals surface area (Å²) in [6.45, 7) is 14.0. The van der Waals surface area contributed by atoms with E-state index in [4.69, 9.17) is 4.74 Å². The lowest BCUT2D eigenvalue weighted by atomic mass is 9.77. The van der Waals surface area contributed by atoms with Crippen molar-refractivity contribution in [3.63, 3.8) is 0 Å². The molecule has 0 spiro atoms. The molecule has 1 N–H and O–H groups in total. The summed E-state index contributed by atoms with van der Waals surface area (Å²) in [4.78, 5) is 25.6. The van der Waals surface area contributed by atoms with Crippen LogP contribution in [0.4, 0.5) is 0 Å². The third-order valence-corrected chi connectivity index (χ3v) is 9.63. The number of benzene rings is 2. The Kier molecular flexibility index (Phi) is 12.0. The highest BCUT2D eigenvalue weighted by Gasteiger charge is 2.31. The number of esters is 1. The van der Waals surface area contributed by atoms with E-state index in [2.05, 4.69) is 49.7 Å². The van der Waals surface area contributed by atoms with Gasteiger partial charge in [-0.3, -0.25) is 9.59 Å². The highest BCUT2D eigenvalue weighted by Crippen LogP contribution is 2.38. The third kappa shape index (κ3) is 9.55. The maximum atomic E-state index is 12.9. The molecule has 1 amide bonds. The highest BCUT2D eigenvalue weighted by molar-refractivity contribution is 5.81. The number of rotatable bonds is 12. The molecule has 2 fully saturated rings. The molecular weight excluding hydrogens is 530 g/mol. The summed E-state index contributed by atoms with van der Waals surface area (Å²) in [5, 5.41) is 2.90. The fourth-order valence-corrected chi connectivity index (χ4v) is 6.60. The Hall–Kier alpha value is -3.40. The van der Waals surface area contributed by atoms with Crippen LogP contribution in [0.5, 0.6) is 5.75 Å². The average molecular weight is 582 g/mol. The molecule has 0 atom stereocenters. The van der Waals surface area contributed by atoms with Crippen LogP contribution in [0.1, 0.15) is 109 Å².